The molecule has 2 aliphatic rings. The first-order chi connectivity index (χ1) is 7.35. The van der Waals surface area contributed by atoms with Gasteiger partial charge in [-0.15, -0.1) is 0 Å². The molecule has 0 aromatic carbocycles. The minimum Gasteiger partial charge on any atom is -0.374 e. The molecule has 0 aliphatic carbocycles. The summed E-state index contributed by atoms with van der Waals surface area (Å²) >= 11 is 0. The van der Waals surface area contributed by atoms with Gasteiger partial charge >= 0.3 is 0 Å². The lowest BCUT2D eigenvalue weighted by atomic mass is 9.93. The third kappa shape index (κ3) is 2.62. The summed E-state index contributed by atoms with van der Waals surface area (Å²) in [6.45, 7) is 4.47. The zero-order chi connectivity index (χ0) is 10.6. The highest BCUT2D eigenvalue weighted by atomic mass is 16.5. The van der Waals surface area contributed by atoms with E-state index in [-0.39, 0.29) is 5.60 Å². The minimum atomic E-state index is 0.134. The van der Waals surface area contributed by atoms with Crippen molar-refractivity contribution in [2.45, 2.75) is 31.3 Å². The maximum absolute atomic E-state index is 8.20. The van der Waals surface area contributed by atoms with E-state index in [2.05, 4.69) is 14.9 Å². The molecule has 5 heteroatoms. The maximum Gasteiger partial charge on any atom is 0.0820 e. The van der Waals surface area contributed by atoms with Gasteiger partial charge in [0.05, 0.1) is 5.60 Å². The Bertz CT molecular complexity index is 256. The molecule has 2 saturated heterocycles. The highest BCUT2D eigenvalue weighted by Crippen LogP contribution is 2.33. The van der Waals surface area contributed by atoms with Gasteiger partial charge in [-0.3, -0.25) is 0 Å². The Labute approximate surface area is 90.0 Å². The van der Waals surface area contributed by atoms with Crippen molar-refractivity contribution in [3.05, 3.63) is 10.4 Å². The van der Waals surface area contributed by atoms with Crippen LogP contribution in [0.4, 0.5) is 0 Å². The summed E-state index contributed by atoms with van der Waals surface area (Å²) in [6.07, 6.45) is 4.85. The molecule has 15 heavy (non-hydrogen) atoms. The third-order valence-electron chi connectivity index (χ3n) is 3.41. The predicted octanol–water partition coefficient (Wildman–Crippen LogP) is 1.94. The molecule has 0 radical (unpaired) electrons. The Hall–Kier alpha value is -0.770. The summed E-state index contributed by atoms with van der Waals surface area (Å²) in [5.41, 5.74) is 8.33. The van der Waals surface area contributed by atoms with Crippen molar-refractivity contribution in [3.63, 3.8) is 0 Å². The van der Waals surface area contributed by atoms with Gasteiger partial charge in [-0.25, -0.2) is 0 Å². The van der Waals surface area contributed by atoms with E-state index in [0.717, 1.165) is 32.7 Å². The molecule has 2 fully saturated rings. The summed E-state index contributed by atoms with van der Waals surface area (Å²) in [7, 11) is 0. The number of rotatable bonds is 3. The largest absolute Gasteiger partial charge is 0.374 e. The maximum atomic E-state index is 8.20. The van der Waals surface area contributed by atoms with Gasteiger partial charge in [0, 0.05) is 37.7 Å². The standard InChI is InChI=1S/C10H18N4O/c11-13-12-5-7-14-6-4-10(9-14)3-1-2-8-15-10/h1-9H2/t10-/m1/s1. The van der Waals surface area contributed by atoms with Crippen LogP contribution >= 0.6 is 0 Å². The van der Waals surface area contributed by atoms with Crippen LogP contribution in [0.3, 0.4) is 0 Å². The van der Waals surface area contributed by atoms with Gasteiger partial charge in [-0.2, -0.15) is 0 Å². The van der Waals surface area contributed by atoms with E-state index in [1.807, 2.05) is 0 Å². The molecule has 2 rings (SSSR count). The molecule has 2 aliphatic heterocycles. The Kier molecular flexibility index (Phi) is 3.46. The van der Waals surface area contributed by atoms with E-state index in [4.69, 9.17) is 10.3 Å². The molecule has 5 nitrogen and oxygen atoms in total. The summed E-state index contributed by atoms with van der Waals surface area (Å²) in [6, 6.07) is 0. The van der Waals surface area contributed by atoms with Crippen molar-refractivity contribution in [1.82, 2.24) is 4.90 Å². The summed E-state index contributed by atoms with van der Waals surface area (Å²) < 4.78 is 5.92. The number of likely N-dealkylation sites (tertiary alicyclic amines) is 1. The van der Waals surface area contributed by atoms with Crippen molar-refractivity contribution >= 4 is 0 Å². The summed E-state index contributed by atoms with van der Waals surface area (Å²) in [5.74, 6) is 0. The van der Waals surface area contributed by atoms with Crippen molar-refractivity contribution < 1.29 is 4.74 Å². The molecule has 0 amide bonds. The van der Waals surface area contributed by atoms with Crippen LogP contribution in [0.15, 0.2) is 5.11 Å². The van der Waals surface area contributed by atoms with E-state index >= 15 is 0 Å². The second-order valence-electron chi connectivity index (χ2n) is 4.47. The number of azide groups is 1. The van der Waals surface area contributed by atoms with Crippen LogP contribution in [0.25, 0.3) is 10.4 Å². The lowest BCUT2D eigenvalue weighted by Crippen LogP contribution is -2.39. The van der Waals surface area contributed by atoms with Gasteiger partial charge in [0.15, 0.2) is 0 Å². The highest BCUT2D eigenvalue weighted by molar-refractivity contribution is 4.93. The molecular weight excluding hydrogens is 192 g/mol. The smallest absolute Gasteiger partial charge is 0.0820 e. The zero-order valence-electron chi connectivity index (χ0n) is 9.06. The monoisotopic (exact) mass is 210 g/mol. The van der Waals surface area contributed by atoms with Crippen LogP contribution in [-0.2, 0) is 4.74 Å². The van der Waals surface area contributed by atoms with Crippen molar-refractivity contribution in [2.75, 3.05) is 32.8 Å². The van der Waals surface area contributed by atoms with E-state index in [1.165, 1.54) is 19.3 Å². The molecule has 0 aromatic heterocycles. The Balaban J connectivity index is 1.80. The first-order valence-electron chi connectivity index (χ1n) is 5.72. The Morgan fingerprint density at radius 3 is 3.07 bits per heavy atom. The van der Waals surface area contributed by atoms with Gasteiger partial charge < -0.3 is 9.64 Å². The van der Waals surface area contributed by atoms with Crippen molar-refractivity contribution in [2.24, 2.45) is 5.11 Å². The quantitative estimate of drug-likeness (QED) is 0.406. The minimum absolute atomic E-state index is 0.134. The van der Waals surface area contributed by atoms with Gasteiger partial charge in [0.2, 0.25) is 0 Å². The number of nitrogens with zero attached hydrogens (tertiary/aromatic N) is 4. The molecule has 0 saturated carbocycles. The molecule has 0 unspecified atom stereocenters. The van der Waals surface area contributed by atoms with Gasteiger partial charge in [-0.1, -0.05) is 5.11 Å². The van der Waals surface area contributed by atoms with Crippen LogP contribution in [-0.4, -0.2) is 43.3 Å². The molecule has 1 spiro atoms. The molecule has 84 valence electrons. The number of hydrogen-bond acceptors (Lipinski definition) is 3. The fraction of sp³-hybridized carbons (Fsp3) is 1.00. The van der Waals surface area contributed by atoms with Crippen LogP contribution < -0.4 is 0 Å². The Morgan fingerprint density at radius 1 is 1.40 bits per heavy atom. The molecule has 0 aromatic rings. The Morgan fingerprint density at radius 2 is 2.33 bits per heavy atom. The third-order valence-corrected chi connectivity index (χ3v) is 3.41. The van der Waals surface area contributed by atoms with Crippen molar-refractivity contribution in [1.29, 1.82) is 0 Å². The van der Waals surface area contributed by atoms with Crippen LogP contribution in [0.2, 0.25) is 0 Å². The van der Waals surface area contributed by atoms with Gasteiger partial charge in [0.1, 0.15) is 0 Å². The van der Waals surface area contributed by atoms with Gasteiger partial charge in [0.25, 0.3) is 0 Å². The summed E-state index contributed by atoms with van der Waals surface area (Å²) in [4.78, 5) is 5.11. The fourth-order valence-electron chi connectivity index (χ4n) is 2.58. The number of ether oxygens (including phenoxy) is 1. The van der Waals surface area contributed by atoms with Crippen LogP contribution in [0.1, 0.15) is 25.7 Å². The second-order valence-corrected chi connectivity index (χ2v) is 4.47. The first kappa shape index (κ1) is 10.7. The molecule has 0 N–H and O–H groups in total. The van der Waals surface area contributed by atoms with Crippen LogP contribution in [0, 0.1) is 0 Å². The summed E-state index contributed by atoms with van der Waals surface area (Å²) in [5, 5.41) is 3.57. The fourth-order valence-corrected chi connectivity index (χ4v) is 2.58. The molecule has 2 heterocycles. The van der Waals surface area contributed by atoms with E-state index in [9.17, 15) is 0 Å². The lowest BCUT2D eigenvalue weighted by Gasteiger charge is -2.33. The second kappa shape index (κ2) is 4.84. The first-order valence-corrected chi connectivity index (χ1v) is 5.72. The van der Waals surface area contributed by atoms with Gasteiger partial charge in [-0.05, 0) is 31.2 Å². The van der Waals surface area contributed by atoms with Crippen LogP contribution in [0.5, 0.6) is 0 Å². The average molecular weight is 210 g/mol. The van der Waals surface area contributed by atoms with E-state index < -0.39 is 0 Å². The van der Waals surface area contributed by atoms with E-state index in [0.29, 0.717) is 6.54 Å². The zero-order valence-corrected chi connectivity index (χ0v) is 9.06. The average Bonchev–Trinajstić information content (AvgIpc) is 2.63. The number of hydrogen-bond donors (Lipinski definition) is 0. The van der Waals surface area contributed by atoms with E-state index in [1.54, 1.807) is 0 Å². The highest BCUT2D eigenvalue weighted by Gasteiger charge is 2.39. The topological polar surface area (TPSA) is 61.2 Å². The SMILES string of the molecule is [N-]=[N+]=NCCN1CC[C@]2(CCCCO2)C1. The predicted molar refractivity (Wildman–Crippen MR) is 57.6 cm³/mol. The molecule has 0 bridgehead atoms. The molecule has 1 atom stereocenters. The normalized spacial score (nSPS) is 31.7. The van der Waals surface area contributed by atoms with Crippen molar-refractivity contribution in [3.8, 4) is 0 Å². The lowest BCUT2D eigenvalue weighted by molar-refractivity contribution is -0.0693. The molecular formula is C10H18N4O.